The highest BCUT2D eigenvalue weighted by Crippen LogP contribution is 2.34. The number of carbonyl (C=O) groups excluding carboxylic acids is 1. The van der Waals surface area contributed by atoms with Gasteiger partial charge in [-0.1, -0.05) is 6.92 Å². The number of thiophene rings is 1. The van der Waals surface area contributed by atoms with E-state index in [1.54, 1.807) is 11.3 Å². The van der Waals surface area contributed by atoms with E-state index in [9.17, 15) is 4.79 Å². The quantitative estimate of drug-likeness (QED) is 0.508. The molecule has 1 saturated heterocycles. The van der Waals surface area contributed by atoms with Crippen LogP contribution in [-0.2, 0) is 9.53 Å². The van der Waals surface area contributed by atoms with E-state index in [0.717, 1.165) is 55.5 Å². The van der Waals surface area contributed by atoms with Crippen LogP contribution >= 0.6 is 11.3 Å². The number of anilines is 1. The third kappa shape index (κ3) is 5.17. The predicted octanol–water partition coefficient (Wildman–Crippen LogP) is 4.44. The maximum absolute atomic E-state index is 11.0. The minimum Gasteiger partial charge on any atom is -0.487 e. The van der Waals surface area contributed by atoms with Crippen molar-refractivity contribution in [1.29, 1.82) is 0 Å². The average Bonchev–Trinajstić information content (AvgIpc) is 3.26. The summed E-state index contributed by atoms with van der Waals surface area (Å²) in [7, 11) is 0. The summed E-state index contributed by atoms with van der Waals surface area (Å²) in [5, 5.41) is 3.38. The number of hydrogen-bond acceptors (Lipinski definition) is 7. The van der Waals surface area contributed by atoms with Gasteiger partial charge in [0.2, 0.25) is 0 Å². The van der Waals surface area contributed by atoms with Gasteiger partial charge in [0.1, 0.15) is 24.3 Å². The second-order valence-corrected chi connectivity index (χ2v) is 8.76. The van der Waals surface area contributed by atoms with E-state index in [1.807, 2.05) is 31.2 Å². The molecule has 0 aliphatic carbocycles. The molecular formula is C24H29N3O3S. The highest BCUT2D eigenvalue weighted by Gasteiger charge is 2.20. The molecule has 164 valence electrons. The molecule has 0 unspecified atom stereocenters. The fourth-order valence-electron chi connectivity index (χ4n) is 3.80. The van der Waals surface area contributed by atoms with Crippen LogP contribution in [0, 0.1) is 0 Å². The summed E-state index contributed by atoms with van der Waals surface area (Å²) in [6, 6.07) is 12.3. The highest BCUT2D eigenvalue weighted by molar-refractivity contribution is 7.17. The molecule has 4 rings (SSSR count). The molecule has 3 aromatic rings. The molecule has 6 nitrogen and oxygen atoms in total. The van der Waals surface area contributed by atoms with Crippen LogP contribution in [0.5, 0.6) is 5.75 Å². The maximum atomic E-state index is 11.0. The van der Waals surface area contributed by atoms with Gasteiger partial charge in [-0.25, -0.2) is 4.98 Å². The van der Waals surface area contributed by atoms with Crippen molar-refractivity contribution in [3.8, 4) is 17.0 Å². The van der Waals surface area contributed by atoms with Crippen LogP contribution in [0.1, 0.15) is 20.8 Å². The second-order valence-electron chi connectivity index (χ2n) is 7.85. The molecule has 3 heterocycles. The lowest BCUT2D eigenvalue weighted by atomic mass is 10.1. The summed E-state index contributed by atoms with van der Waals surface area (Å²) < 4.78 is 12.1. The van der Waals surface area contributed by atoms with E-state index >= 15 is 0 Å². The first kappa shape index (κ1) is 21.6. The summed E-state index contributed by atoms with van der Waals surface area (Å²) in [5.74, 6) is 1.54. The second kappa shape index (κ2) is 9.66. The zero-order chi connectivity index (χ0) is 21.8. The van der Waals surface area contributed by atoms with Gasteiger partial charge < -0.3 is 19.3 Å². The summed E-state index contributed by atoms with van der Waals surface area (Å²) in [5.41, 5.74) is 2.03. The van der Waals surface area contributed by atoms with Gasteiger partial charge in [-0.2, -0.15) is 0 Å². The molecule has 7 heteroatoms. The lowest BCUT2D eigenvalue weighted by Crippen LogP contribution is -2.46. The first-order chi connectivity index (χ1) is 15.0. The molecular weight excluding hydrogens is 410 g/mol. The van der Waals surface area contributed by atoms with Crippen molar-refractivity contribution in [3.63, 3.8) is 0 Å². The number of hydrogen-bond donors (Lipinski definition) is 0. The Kier molecular flexibility index (Phi) is 6.73. The highest BCUT2D eigenvalue weighted by atomic mass is 32.1. The Labute approximate surface area is 187 Å². The number of ether oxygens (including phenoxy) is 2. The SMILES string of the molecule is CCN1CCN(c2nc(-c3ccc(O[C@@H](C)COC(C)=O)cc3)cc3ccsc23)CC1. The molecule has 1 fully saturated rings. The Morgan fingerprint density at radius 2 is 1.90 bits per heavy atom. The van der Waals surface area contributed by atoms with Gasteiger partial charge in [-0.15, -0.1) is 11.3 Å². The van der Waals surface area contributed by atoms with Gasteiger partial charge in [0, 0.05) is 38.7 Å². The fourth-order valence-corrected chi connectivity index (χ4v) is 4.70. The van der Waals surface area contributed by atoms with E-state index in [1.165, 1.54) is 17.0 Å². The van der Waals surface area contributed by atoms with E-state index in [0.29, 0.717) is 0 Å². The Morgan fingerprint density at radius 1 is 1.16 bits per heavy atom. The van der Waals surface area contributed by atoms with Gasteiger partial charge in [-0.3, -0.25) is 4.79 Å². The minimum absolute atomic E-state index is 0.205. The number of nitrogens with zero attached hydrogens (tertiary/aromatic N) is 3. The molecule has 0 N–H and O–H groups in total. The first-order valence-electron chi connectivity index (χ1n) is 10.8. The minimum atomic E-state index is -0.299. The van der Waals surface area contributed by atoms with Gasteiger partial charge in [0.05, 0.1) is 10.4 Å². The first-order valence-corrected chi connectivity index (χ1v) is 11.7. The predicted molar refractivity (Wildman–Crippen MR) is 126 cm³/mol. The van der Waals surface area contributed by atoms with Gasteiger partial charge in [-0.05, 0) is 60.6 Å². The van der Waals surface area contributed by atoms with Crippen molar-refractivity contribution in [1.82, 2.24) is 9.88 Å². The van der Waals surface area contributed by atoms with Crippen molar-refractivity contribution < 1.29 is 14.3 Å². The lowest BCUT2D eigenvalue weighted by Gasteiger charge is -2.35. The van der Waals surface area contributed by atoms with Crippen molar-refractivity contribution in [2.45, 2.75) is 26.9 Å². The number of esters is 1. The number of likely N-dealkylation sites (N-methyl/N-ethyl adjacent to an activating group) is 1. The number of aromatic nitrogens is 1. The van der Waals surface area contributed by atoms with Crippen molar-refractivity contribution in [2.24, 2.45) is 0 Å². The standard InChI is InChI=1S/C24H29N3O3S/c1-4-26-10-12-27(13-11-26)24-23-20(9-14-31-23)15-22(25-24)19-5-7-21(8-6-19)30-17(2)16-29-18(3)28/h5-9,14-15,17H,4,10-13,16H2,1-3H3/t17-/m0/s1. The third-order valence-electron chi connectivity index (χ3n) is 5.55. The zero-order valence-electron chi connectivity index (χ0n) is 18.3. The number of piperazine rings is 1. The third-order valence-corrected chi connectivity index (χ3v) is 6.47. The van der Waals surface area contributed by atoms with Crippen molar-refractivity contribution >= 4 is 33.2 Å². The Balaban J connectivity index is 1.53. The number of rotatable bonds is 7. The average molecular weight is 440 g/mol. The molecule has 1 aliphatic heterocycles. The Morgan fingerprint density at radius 3 is 2.58 bits per heavy atom. The van der Waals surface area contributed by atoms with Crippen LogP contribution in [0.25, 0.3) is 21.3 Å². The smallest absolute Gasteiger partial charge is 0.302 e. The van der Waals surface area contributed by atoms with Crippen LogP contribution in [0.15, 0.2) is 41.8 Å². The van der Waals surface area contributed by atoms with Crippen molar-refractivity contribution in [3.05, 3.63) is 41.8 Å². The van der Waals surface area contributed by atoms with Gasteiger partial charge in [0.15, 0.2) is 0 Å². The number of pyridine rings is 1. The van der Waals surface area contributed by atoms with Gasteiger partial charge >= 0.3 is 5.97 Å². The maximum Gasteiger partial charge on any atom is 0.302 e. The molecule has 0 saturated carbocycles. The molecule has 0 amide bonds. The van der Waals surface area contributed by atoms with Gasteiger partial charge in [0.25, 0.3) is 0 Å². The summed E-state index contributed by atoms with van der Waals surface area (Å²) in [6.45, 7) is 11.0. The number of carbonyl (C=O) groups is 1. The largest absolute Gasteiger partial charge is 0.487 e. The molecule has 31 heavy (non-hydrogen) atoms. The van der Waals surface area contributed by atoms with Crippen molar-refractivity contribution in [2.75, 3.05) is 44.2 Å². The van der Waals surface area contributed by atoms with Crippen LogP contribution in [0.4, 0.5) is 5.82 Å². The molecule has 0 spiro atoms. The van der Waals surface area contributed by atoms with E-state index in [-0.39, 0.29) is 18.7 Å². The lowest BCUT2D eigenvalue weighted by molar-refractivity contribution is -0.143. The summed E-state index contributed by atoms with van der Waals surface area (Å²) >= 11 is 1.76. The van der Waals surface area contributed by atoms with Crippen LogP contribution in [-0.4, -0.2) is 61.3 Å². The molecule has 0 radical (unpaired) electrons. The summed E-state index contributed by atoms with van der Waals surface area (Å²) in [4.78, 5) is 20.9. The van der Waals surface area contributed by atoms with Crippen LogP contribution in [0.2, 0.25) is 0 Å². The van der Waals surface area contributed by atoms with E-state index in [4.69, 9.17) is 14.5 Å². The summed E-state index contributed by atoms with van der Waals surface area (Å²) in [6.07, 6.45) is -0.205. The molecule has 1 aliphatic rings. The monoisotopic (exact) mass is 439 g/mol. The Hall–Kier alpha value is -2.64. The zero-order valence-corrected chi connectivity index (χ0v) is 19.2. The molecule has 0 bridgehead atoms. The molecule has 2 aromatic heterocycles. The Bertz CT molecular complexity index is 1030. The van der Waals surface area contributed by atoms with E-state index < -0.39 is 0 Å². The van der Waals surface area contributed by atoms with Crippen LogP contribution in [0.3, 0.4) is 0 Å². The fraction of sp³-hybridized carbons (Fsp3) is 0.417. The topological polar surface area (TPSA) is 54.9 Å². The van der Waals surface area contributed by atoms with Crippen LogP contribution < -0.4 is 9.64 Å². The normalized spacial score (nSPS) is 15.8. The number of fused-ring (bicyclic) bond motifs is 1. The van der Waals surface area contributed by atoms with E-state index in [2.05, 4.69) is 34.2 Å². The number of benzene rings is 1. The molecule has 1 atom stereocenters. The molecule has 1 aromatic carbocycles.